The number of anilines is 1. The van der Waals surface area contributed by atoms with Gasteiger partial charge in [0.15, 0.2) is 0 Å². The molecule has 1 aromatic rings. The minimum Gasteiger partial charge on any atom is -0.377 e. The van der Waals surface area contributed by atoms with E-state index in [4.69, 9.17) is 4.74 Å². The van der Waals surface area contributed by atoms with Gasteiger partial charge >= 0.3 is 0 Å². The Labute approximate surface area is 107 Å². The first-order chi connectivity index (χ1) is 8.29. The van der Waals surface area contributed by atoms with Crippen molar-refractivity contribution >= 4 is 17.6 Å². The fourth-order valence-corrected chi connectivity index (χ4v) is 2.83. The van der Waals surface area contributed by atoms with Gasteiger partial charge in [-0.25, -0.2) is 4.98 Å². The molecule has 17 heavy (non-hydrogen) atoms. The molecule has 0 spiro atoms. The van der Waals surface area contributed by atoms with E-state index in [1.165, 1.54) is 0 Å². The summed E-state index contributed by atoms with van der Waals surface area (Å²) in [5.74, 6) is 0.864. The van der Waals surface area contributed by atoms with Crippen molar-refractivity contribution in [3.63, 3.8) is 0 Å². The Morgan fingerprint density at radius 2 is 2.41 bits per heavy atom. The molecule has 1 N–H and O–H groups in total. The van der Waals surface area contributed by atoms with Gasteiger partial charge in [-0.3, -0.25) is 4.98 Å². The van der Waals surface area contributed by atoms with Gasteiger partial charge in [0.05, 0.1) is 18.5 Å². The van der Waals surface area contributed by atoms with E-state index in [9.17, 15) is 0 Å². The molecular formula is C12H19N3OS. The molecule has 5 heteroatoms. The van der Waals surface area contributed by atoms with Crippen molar-refractivity contribution in [2.24, 2.45) is 0 Å². The molecule has 2 rings (SSSR count). The van der Waals surface area contributed by atoms with Crippen molar-refractivity contribution in [3.05, 3.63) is 12.4 Å². The Balaban J connectivity index is 1.95. The van der Waals surface area contributed by atoms with Gasteiger partial charge in [0.2, 0.25) is 0 Å². The molecule has 2 atom stereocenters. The van der Waals surface area contributed by atoms with Gasteiger partial charge in [0.25, 0.3) is 0 Å². The van der Waals surface area contributed by atoms with Gasteiger partial charge in [-0.05, 0) is 19.8 Å². The standard InChI is InChI=1S/C12H19N3OS/c1-3-5-14-11-7-13-8-12(15-11)17-10-4-6-16-9(10)2/h7-10H,3-6H2,1-2H3,(H,14,15). The highest BCUT2D eigenvalue weighted by molar-refractivity contribution is 7.99. The summed E-state index contributed by atoms with van der Waals surface area (Å²) < 4.78 is 5.55. The smallest absolute Gasteiger partial charge is 0.145 e. The number of nitrogens with one attached hydrogen (secondary N) is 1. The average molecular weight is 253 g/mol. The minimum absolute atomic E-state index is 0.314. The molecule has 0 aromatic carbocycles. The summed E-state index contributed by atoms with van der Waals surface area (Å²) in [6, 6.07) is 0. The second-order valence-corrected chi connectivity index (χ2v) is 5.45. The highest BCUT2D eigenvalue weighted by Crippen LogP contribution is 2.31. The van der Waals surface area contributed by atoms with Crippen LogP contribution < -0.4 is 5.32 Å². The summed E-state index contributed by atoms with van der Waals surface area (Å²) in [5, 5.41) is 4.74. The Morgan fingerprint density at radius 1 is 1.53 bits per heavy atom. The molecule has 1 fully saturated rings. The number of rotatable bonds is 5. The van der Waals surface area contributed by atoms with Gasteiger partial charge in [0.1, 0.15) is 10.8 Å². The van der Waals surface area contributed by atoms with Gasteiger partial charge in [-0.1, -0.05) is 18.7 Å². The van der Waals surface area contributed by atoms with Crippen LogP contribution >= 0.6 is 11.8 Å². The molecule has 1 aliphatic rings. The third-order valence-corrected chi connectivity index (χ3v) is 4.11. The number of hydrogen-bond acceptors (Lipinski definition) is 5. The maximum atomic E-state index is 5.55. The average Bonchev–Trinajstić information content (AvgIpc) is 2.73. The topological polar surface area (TPSA) is 47.0 Å². The number of hydrogen-bond donors (Lipinski definition) is 1. The molecule has 2 heterocycles. The molecule has 1 aromatic heterocycles. The Kier molecular flexibility index (Phi) is 4.62. The van der Waals surface area contributed by atoms with E-state index in [1.54, 1.807) is 18.0 Å². The van der Waals surface area contributed by atoms with Crippen LogP contribution in [0.15, 0.2) is 17.4 Å². The van der Waals surface area contributed by atoms with Crippen LogP contribution in [-0.4, -0.2) is 34.5 Å². The molecular weight excluding hydrogens is 234 g/mol. The molecule has 0 amide bonds. The summed E-state index contributed by atoms with van der Waals surface area (Å²) in [5.41, 5.74) is 0. The molecule has 0 radical (unpaired) electrons. The first kappa shape index (κ1) is 12.6. The lowest BCUT2D eigenvalue weighted by atomic mass is 10.3. The zero-order chi connectivity index (χ0) is 12.1. The minimum atomic E-state index is 0.314. The van der Waals surface area contributed by atoms with Crippen LogP contribution in [0.5, 0.6) is 0 Å². The third kappa shape index (κ3) is 3.57. The Hall–Kier alpha value is -0.810. The maximum absolute atomic E-state index is 5.55. The van der Waals surface area contributed by atoms with E-state index >= 15 is 0 Å². The van der Waals surface area contributed by atoms with Crippen molar-refractivity contribution in [1.82, 2.24) is 9.97 Å². The van der Waals surface area contributed by atoms with Gasteiger partial charge in [-0.2, -0.15) is 0 Å². The maximum Gasteiger partial charge on any atom is 0.145 e. The normalized spacial score (nSPS) is 23.9. The van der Waals surface area contributed by atoms with E-state index in [0.29, 0.717) is 11.4 Å². The summed E-state index contributed by atoms with van der Waals surface area (Å²) in [4.78, 5) is 8.76. The van der Waals surface area contributed by atoms with Crippen LogP contribution in [0.4, 0.5) is 5.82 Å². The van der Waals surface area contributed by atoms with Crippen molar-refractivity contribution in [3.8, 4) is 0 Å². The van der Waals surface area contributed by atoms with Gasteiger partial charge in [0, 0.05) is 18.4 Å². The largest absolute Gasteiger partial charge is 0.377 e. The quantitative estimate of drug-likeness (QED) is 0.874. The molecule has 0 bridgehead atoms. The van der Waals surface area contributed by atoms with E-state index in [1.807, 2.05) is 6.20 Å². The summed E-state index contributed by atoms with van der Waals surface area (Å²) in [6.45, 7) is 6.06. The van der Waals surface area contributed by atoms with Crippen molar-refractivity contribution in [2.75, 3.05) is 18.5 Å². The SMILES string of the molecule is CCCNc1cncc(SC2CCOC2C)n1. The second-order valence-electron chi connectivity index (χ2n) is 4.19. The molecule has 4 nitrogen and oxygen atoms in total. The van der Waals surface area contributed by atoms with E-state index in [0.717, 1.165) is 36.8 Å². The lowest BCUT2D eigenvalue weighted by Crippen LogP contribution is -2.13. The number of nitrogens with zero attached hydrogens (tertiary/aromatic N) is 2. The predicted molar refractivity (Wildman–Crippen MR) is 70.5 cm³/mol. The number of aromatic nitrogens is 2. The van der Waals surface area contributed by atoms with Crippen molar-refractivity contribution in [2.45, 2.75) is 43.1 Å². The van der Waals surface area contributed by atoms with E-state index in [-0.39, 0.29) is 0 Å². The number of thioether (sulfide) groups is 1. The van der Waals surface area contributed by atoms with Gasteiger partial charge < -0.3 is 10.1 Å². The summed E-state index contributed by atoms with van der Waals surface area (Å²) >= 11 is 1.77. The fourth-order valence-electron chi connectivity index (χ4n) is 1.77. The van der Waals surface area contributed by atoms with Crippen LogP contribution in [0.2, 0.25) is 0 Å². The molecule has 2 unspecified atom stereocenters. The van der Waals surface area contributed by atoms with E-state index < -0.39 is 0 Å². The zero-order valence-electron chi connectivity index (χ0n) is 10.3. The lowest BCUT2D eigenvalue weighted by Gasteiger charge is -2.13. The molecule has 1 saturated heterocycles. The van der Waals surface area contributed by atoms with Crippen LogP contribution in [0.3, 0.4) is 0 Å². The summed E-state index contributed by atoms with van der Waals surface area (Å²) in [7, 11) is 0. The molecule has 0 saturated carbocycles. The predicted octanol–water partition coefficient (Wildman–Crippen LogP) is 2.57. The second kappa shape index (κ2) is 6.21. The van der Waals surface area contributed by atoms with Crippen LogP contribution in [0.25, 0.3) is 0 Å². The third-order valence-electron chi connectivity index (χ3n) is 2.75. The van der Waals surface area contributed by atoms with Gasteiger partial charge in [-0.15, -0.1) is 0 Å². The van der Waals surface area contributed by atoms with Crippen molar-refractivity contribution < 1.29 is 4.74 Å². The van der Waals surface area contributed by atoms with Crippen LogP contribution in [0.1, 0.15) is 26.7 Å². The van der Waals surface area contributed by atoms with Crippen LogP contribution in [-0.2, 0) is 4.74 Å². The molecule has 1 aliphatic heterocycles. The van der Waals surface area contributed by atoms with E-state index in [2.05, 4.69) is 29.1 Å². The Bertz CT molecular complexity index is 361. The van der Waals surface area contributed by atoms with Crippen molar-refractivity contribution in [1.29, 1.82) is 0 Å². The Morgan fingerprint density at radius 3 is 3.12 bits per heavy atom. The first-order valence-corrected chi connectivity index (χ1v) is 7.01. The summed E-state index contributed by atoms with van der Waals surface area (Å²) in [6.07, 6.45) is 6.10. The lowest BCUT2D eigenvalue weighted by molar-refractivity contribution is 0.127. The number of ether oxygens (including phenoxy) is 1. The highest BCUT2D eigenvalue weighted by Gasteiger charge is 2.25. The first-order valence-electron chi connectivity index (χ1n) is 6.13. The molecule has 0 aliphatic carbocycles. The fraction of sp³-hybridized carbons (Fsp3) is 0.667. The highest BCUT2D eigenvalue weighted by atomic mass is 32.2. The molecule has 94 valence electrons. The monoisotopic (exact) mass is 253 g/mol. The van der Waals surface area contributed by atoms with Crippen LogP contribution in [0, 0.1) is 0 Å². The zero-order valence-corrected chi connectivity index (χ0v) is 11.2.